The molecule has 0 unspecified atom stereocenters. The molecule has 29 heavy (non-hydrogen) atoms. The lowest BCUT2D eigenvalue weighted by Crippen LogP contribution is -2.49. The fourth-order valence-corrected chi connectivity index (χ4v) is 4.18. The number of anilines is 1. The minimum absolute atomic E-state index is 0.658. The minimum Gasteiger partial charge on any atom is -0.454 e. The van der Waals surface area contributed by atoms with E-state index in [-0.39, 0.29) is 0 Å². The van der Waals surface area contributed by atoms with Gasteiger partial charge in [0, 0.05) is 36.9 Å². The number of fused-ring (bicyclic) bond motifs is 2. The van der Waals surface area contributed by atoms with E-state index in [1.54, 1.807) is 0 Å². The number of piperazine rings is 1. The van der Waals surface area contributed by atoms with E-state index in [1.165, 1.54) is 11.3 Å². The molecule has 1 fully saturated rings. The Morgan fingerprint density at radius 3 is 2.38 bits per heavy atom. The molecule has 5 rings (SSSR count). The van der Waals surface area contributed by atoms with E-state index >= 15 is 0 Å². The molecule has 0 N–H and O–H groups in total. The summed E-state index contributed by atoms with van der Waals surface area (Å²) in [5.41, 5.74) is 4.42. The third kappa shape index (κ3) is 3.45. The number of hydrogen-bond donors (Lipinski definition) is 0. The molecule has 0 aliphatic carbocycles. The van der Waals surface area contributed by atoms with E-state index in [1.807, 2.05) is 36.4 Å². The third-order valence-electron chi connectivity index (χ3n) is 5.53. The van der Waals surface area contributed by atoms with Crippen molar-refractivity contribution in [3.05, 3.63) is 82.9 Å². The summed E-state index contributed by atoms with van der Waals surface area (Å²) in [7, 11) is 0. The summed E-state index contributed by atoms with van der Waals surface area (Å²) in [6.45, 7) is 5.88. The van der Waals surface area contributed by atoms with Crippen LogP contribution in [0.3, 0.4) is 0 Å². The summed E-state index contributed by atoms with van der Waals surface area (Å²) >= 11 is 6.23. The Hall–Kier alpha value is -2.98. The number of aliphatic imine (C=N–C) groups is 1. The van der Waals surface area contributed by atoms with Gasteiger partial charge in [-0.05, 0) is 48.9 Å². The molecule has 2 aliphatic rings. The van der Waals surface area contributed by atoms with E-state index in [2.05, 4.69) is 47.1 Å². The van der Waals surface area contributed by atoms with Crippen molar-refractivity contribution in [2.45, 2.75) is 6.92 Å². The molecule has 0 atom stereocenters. The maximum absolute atomic E-state index is 6.23. The van der Waals surface area contributed by atoms with Crippen LogP contribution in [0.5, 0.6) is 11.5 Å². The minimum atomic E-state index is 0.658. The van der Waals surface area contributed by atoms with E-state index < -0.39 is 0 Å². The maximum Gasteiger partial charge on any atom is 0.153 e. The van der Waals surface area contributed by atoms with E-state index in [0.717, 1.165) is 54.8 Å². The van der Waals surface area contributed by atoms with Crippen LogP contribution in [0.15, 0.2) is 71.7 Å². The van der Waals surface area contributed by atoms with Crippen molar-refractivity contribution >= 4 is 28.8 Å². The highest BCUT2D eigenvalue weighted by molar-refractivity contribution is 6.31. The van der Waals surface area contributed by atoms with Gasteiger partial charge < -0.3 is 14.5 Å². The number of rotatable bonds is 1. The molecule has 5 heteroatoms. The Balaban J connectivity index is 1.48. The van der Waals surface area contributed by atoms with Gasteiger partial charge in [-0.25, -0.2) is 4.99 Å². The summed E-state index contributed by atoms with van der Waals surface area (Å²) < 4.78 is 6.17. The lowest BCUT2D eigenvalue weighted by atomic mass is 10.1. The van der Waals surface area contributed by atoms with Gasteiger partial charge >= 0.3 is 0 Å². The molecule has 0 bridgehead atoms. The quantitative estimate of drug-likeness (QED) is 0.525. The monoisotopic (exact) mass is 403 g/mol. The van der Waals surface area contributed by atoms with Crippen molar-refractivity contribution in [2.24, 2.45) is 4.99 Å². The van der Waals surface area contributed by atoms with Gasteiger partial charge in [-0.2, -0.15) is 0 Å². The van der Waals surface area contributed by atoms with Crippen LogP contribution in [-0.4, -0.2) is 36.9 Å². The van der Waals surface area contributed by atoms with Crippen molar-refractivity contribution in [1.82, 2.24) is 4.90 Å². The summed E-state index contributed by atoms with van der Waals surface area (Å²) in [6.07, 6.45) is 0. The Bertz CT molecular complexity index is 1090. The van der Waals surface area contributed by atoms with Crippen LogP contribution in [0, 0.1) is 6.92 Å². The van der Waals surface area contributed by atoms with Crippen molar-refractivity contribution in [3.8, 4) is 11.5 Å². The molecule has 0 saturated carbocycles. The Kier molecular flexibility index (Phi) is 4.64. The van der Waals surface area contributed by atoms with Crippen LogP contribution >= 0.6 is 11.6 Å². The highest BCUT2D eigenvalue weighted by Crippen LogP contribution is 2.39. The van der Waals surface area contributed by atoms with Crippen LogP contribution in [0.4, 0.5) is 11.4 Å². The number of benzene rings is 3. The second kappa shape index (κ2) is 7.45. The molecule has 0 amide bonds. The molecule has 2 heterocycles. The number of para-hydroxylation sites is 2. The van der Waals surface area contributed by atoms with Crippen molar-refractivity contribution in [3.63, 3.8) is 0 Å². The predicted octanol–water partition coefficient (Wildman–Crippen LogP) is 5.65. The van der Waals surface area contributed by atoms with E-state index in [0.29, 0.717) is 5.02 Å². The van der Waals surface area contributed by atoms with Gasteiger partial charge in [-0.3, -0.25) is 0 Å². The van der Waals surface area contributed by atoms with Crippen molar-refractivity contribution in [2.75, 3.05) is 31.1 Å². The van der Waals surface area contributed by atoms with Crippen molar-refractivity contribution in [1.29, 1.82) is 0 Å². The number of ether oxygens (including phenoxy) is 1. The predicted molar refractivity (Wildman–Crippen MR) is 119 cm³/mol. The van der Waals surface area contributed by atoms with Crippen molar-refractivity contribution < 1.29 is 4.74 Å². The van der Waals surface area contributed by atoms with Crippen LogP contribution in [0.25, 0.3) is 0 Å². The molecule has 4 nitrogen and oxygen atoms in total. The first-order valence-corrected chi connectivity index (χ1v) is 10.3. The lowest BCUT2D eigenvalue weighted by Gasteiger charge is -2.38. The molecule has 1 saturated heterocycles. The molecule has 0 spiro atoms. The van der Waals surface area contributed by atoms with Crippen LogP contribution in [0.2, 0.25) is 5.02 Å². The zero-order chi connectivity index (χ0) is 19.8. The molecular weight excluding hydrogens is 382 g/mol. The average Bonchev–Trinajstić information content (AvgIpc) is 2.91. The van der Waals surface area contributed by atoms with E-state index in [9.17, 15) is 0 Å². The van der Waals surface area contributed by atoms with Gasteiger partial charge in [-0.15, -0.1) is 0 Å². The Morgan fingerprint density at radius 1 is 0.828 bits per heavy atom. The Morgan fingerprint density at radius 2 is 1.55 bits per heavy atom. The summed E-state index contributed by atoms with van der Waals surface area (Å²) in [5, 5.41) is 0.658. The highest BCUT2D eigenvalue weighted by atomic mass is 35.5. The normalized spacial score (nSPS) is 15.7. The SMILES string of the molecule is Cc1ccccc1N1CCN(C2=Nc3cc(Cl)ccc3Oc3ccccc32)CC1. The summed E-state index contributed by atoms with van der Waals surface area (Å²) in [6, 6.07) is 22.3. The average molecular weight is 404 g/mol. The zero-order valence-electron chi connectivity index (χ0n) is 16.3. The molecular formula is C24H22ClN3O. The highest BCUT2D eigenvalue weighted by Gasteiger charge is 2.26. The topological polar surface area (TPSA) is 28.1 Å². The molecule has 2 aliphatic heterocycles. The van der Waals surface area contributed by atoms with E-state index in [4.69, 9.17) is 21.3 Å². The first kappa shape index (κ1) is 18.1. The summed E-state index contributed by atoms with van der Waals surface area (Å²) in [4.78, 5) is 9.80. The number of hydrogen-bond acceptors (Lipinski definition) is 4. The van der Waals surface area contributed by atoms with Gasteiger partial charge in [-0.1, -0.05) is 41.9 Å². The third-order valence-corrected chi connectivity index (χ3v) is 5.77. The first-order chi connectivity index (χ1) is 14.2. The maximum atomic E-state index is 6.23. The fourth-order valence-electron chi connectivity index (χ4n) is 4.02. The van der Waals surface area contributed by atoms with Gasteiger partial charge in [0.2, 0.25) is 0 Å². The Labute approximate surface area is 176 Å². The van der Waals surface area contributed by atoms with Gasteiger partial charge in [0.15, 0.2) is 5.75 Å². The number of aryl methyl sites for hydroxylation is 1. The molecule has 146 valence electrons. The van der Waals surface area contributed by atoms with Gasteiger partial charge in [0.05, 0.1) is 5.56 Å². The lowest BCUT2D eigenvalue weighted by molar-refractivity contribution is 0.385. The van der Waals surface area contributed by atoms with Gasteiger partial charge in [0.25, 0.3) is 0 Å². The van der Waals surface area contributed by atoms with Crippen LogP contribution in [0.1, 0.15) is 11.1 Å². The standard InChI is InChI=1S/C24H22ClN3O/c1-17-6-2-4-8-21(17)27-12-14-28(15-13-27)24-19-7-3-5-9-22(19)29-23-11-10-18(25)16-20(23)26-24/h2-11,16H,12-15H2,1H3. The second-order valence-electron chi connectivity index (χ2n) is 7.41. The fraction of sp³-hybridized carbons (Fsp3) is 0.208. The first-order valence-electron chi connectivity index (χ1n) is 9.90. The number of amidine groups is 1. The smallest absolute Gasteiger partial charge is 0.153 e. The molecule has 0 radical (unpaired) electrons. The van der Waals surface area contributed by atoms with Gasteiger partial charge in [0.1, 0.15) is 17.3 Å². The van der Waals surface area contributed by atoms with Crippen LogP contribution in [-0.2, 0) is 0 Å². The number of halogens is 1. The number of nitrogens with zero attached hydrogens (tertiary/aromatic N) is 3. The summed E-state index contributed by atoms with van der Waals surface area (Å²) in [5.74, 6) is 2.51. The largest absolute Gasteiger partial charge is 0.454 e. The van der Waals surface area contributed by atoms with Crippen LogP contribution < -0.4 is 9.64 Å². The molecule has 0 aromatic heterocycles. The molecule has 3 aromatic carbocycles. The second-order valence-corrected chi connectivity index (χ2v) is 7.84. The zero-order valence-corrected chi connectivity index (χ0v) is 17.1. The molecule has 3 aromatic rings.